The van der Waals surface area contributed by atoms with Crippen LogP contribution in [0.3, 0.4) is 0 Å². The molecule has 1 amide bonds. The quantitative estimate of drug-likeness (QED) is 0.598. The number of carbonyl (C=O) groups excluding carboxylic acids is 1. The Bertz CT molecular complexity index is 867. The predicted molar refractivity (Wildman–Crippen MR) is 116 cm³/mol. The van der Waals surface area contributed by atoms with E-state index in [4.69, 9.17) is 0 Å². The number of nitrogens with one attached hydrogen (secondary N) is 1. The molecule has 142 valence electrons. The zero-order chi connectivity index (χ0) is 19.3. The Morgan fingerprint density at radius 2 is 1.43 bits per heavy atom. The predicted octanol–water partition coefficient (Wildman–Crippen LogP) is 4.90. The number of carbonyl (C=O) groups is 1. The van der Waals surface area contributed by atoms with Crippen LogP contribution in [-0.2, 0) is 0 Å². The molecule has 0 atom stereocenters. The van der Waals surface area contributed by atoms with Crippen LogP contribution < -0.4 is 5.32 Å². The van der Waals surface area contributed by atoms with Crippen molar-refractivity contribution in [2.45, 2.75) is 6.04 Å². The van der Waals surface area contributed by atoms with Crippen molar-refractivity contribution < 1.29 is 4.79 Å². The first-order valence-electron chi connectivity index (χ1n) is 9.58. The van der Waals surface area contributed by atoms with Crippen molar-refractivity contribution >= 4 is 21.8 Å². The average molecular weight is 435 g/mol. The minimum Gasteiger partial charge on any atom is -0.352 e. The minimum absolute atomic E-state index is 0.00591. The number of benzene rings is 3. The van der Waals surface area contributed by atoms with Gasteiger partial charge in [-0.25, -0.2) is 0 Å². The Labute approximate surface area is 174 Å². The number of halogens is 1. The van der Waals surface area contributed by atoms with Gasteiger partial charge in [-0.15, -0.1) is 0 Å². The molecule has 0 spiro atoms. The summed E-state index contributed by atoms with van der Waals surface area (Å²) >= 11 is 3.40. The van der Waals surface area contributed by atoms with Gasteiger partial charge in [-0.05, 0) is 35.4 Å². The summed E-state index contributed by atoms with van der Waals surface area (Å²) in [4.78, 5) is 14.8. The Hall–Kier alpha value is -2.43. The number of hydrogen-bond donors (Lipinski definition) is 1. The van der Waals surface area contributed by atoms with E-state index in [-0.39, 0.29) is 11.9 Å². The summed E-state index contributed by atoms with van der Waals surface area (Å²) < 4.78 is 0.978. The molecule has 1 heterocycles. The van der Waals surface area contributed by atoms with Gasteiger partial charge in [0.05, 0.1) is 6.04 Å². The van der Waals surface area contributed by atoms with Crippen LogP contribution >= 0.6 is 15.9 Å². The molecule has 1 saturated heterocycles. The smallest absolute Gasteiger partial charge is 0.251 e. The number of amides is 1. The van der Waals surface area contributed by atoms with Crippen LogP contribution in [-0.4, -0.2) is 30.4 Å². The second kappa shape index (κ2) is 8.72. The highest BCUT2D eigenvalue weighted by Gasteiger charge is 2.33. The molecule has 4 rings (SSSR count). The Balaban J connectivity index is 1.37. The Morgan fingerprint density at radius 3 is 1.96 bits per heavy atom. The molecule has 0 saturated carbocycles. The minimum atomic E-state index is -0.00591. The zero-order valence-electron chi connectivity index (χ0n) is 15.6. The highest BCUT2D eigenvalue weighted by atomic mass is 79.9. The standard InChI is InChI=1S/C24H23BrN2O/c25-22-13-11-21(12-14-22)24(28)26-15-18-16-27(17-18)23(19-7-3-1-4-8-19)20-9-5-2-6-10-20/h1-14,18,23H,15-17H2,(H,26,28). The van der Waals surface area contributed by atoms with Gasteiger partial charge in [-0.1, -0.05) is 76.6 Å². The molecular formula is C24H23BrN2O. The fraction of sp³-hybridized carbons (Fsp3) is 0.208. The van der Waals surface area contributed by atoms with E-state index in [0.717, 1.165) is 17.6 Å². The van der Waals surface area contributed by atoms with Crippen LogP contribution in [0.1, 0.15) is 27.5 Å². The lowest BCUT2D eigenvalue weighted by atomic mass is 9.90. The lowest BCUT2D eigenvalue weighted by molar-refractivity contribution is 0.0645. The third kappa shape index (κ3) is 4.34. The van der Waals surface area contributed by atoms with Gasteiger partial charge in [-0.2, -0.15) is 0 Å². The van der Waals surface area contributed by atoms with Crippen molar-refractivity contribution in [3.05, 3.63) is 106 Å². The van der Waals surface area contributed by atoms with E-state index in [1.165, 1.54) is 11.1 Å². The van der Waals surface area contributed by atoms with E-state index in [1.807, 2.05) is 24.3 Å². The monoisotopic (exact) mass is 434 g/mol. The van der Waals surface area contributed by atoms with Crippen molar-refractivity contribution in [3.8, 4) is 0 Å². The lowest BCUT2D eigenvalue weighted by Crippen LogP contribution is -2.52. The van der Waals surface area contributed by atoms with E-state index in [1.54, 1.807) is 0 Å². The van der Waals surface area contributed by atoms with Crippen molar-refractivity contribution in [2.75, 3.05) is 19.6 Å². The normalized spacial score (nSPS) is 14.6. The number of nitrogens with zero attached hydrogens (tertiary/aromatic N) is 1. The zero-order valence-corrected chi connectivity index (χ0v) is 17.2. The van der Waals surface area contributed by atoms with Gasteiger partial charge in [0.15, 0.2) is 0 Å². The van der Waals surface area contributed by atoms with Gasteiger partial charge in [-0.3, -0.25) is 9.69 Å². The summed E-state index contributed by atoms with van der Waals surface area (Å²) in [6.45, 7) is 2.67. The van der Waals surface area contributed by atoms with E-state index in [9.17, 15) is 4.79 Å². The highest BCUT2D eigenvalue weighted by molar-refractivity contribution is 9.10. The van der Waals surface area contributed by atoms with Crippen molar-refractivity contribution in [1.29, 1.82) is 0 Å². The molecule has 4 heteroatoms. The molecule has 0 aromatic heterocycles. The molecule has 28 heavy (non-hydrogen) atoms. The summed E-state index contributed by atoms with van der Waals surface area (Å²) in [7, 11) is 0. The van der Waals surface area contributed by atoms with E-state index >= 15 is 0 Å². The van der Waals surface area contributed by atoms with Crippen molar-refractivity contribution in [1.82, 2.24) is 10.2 Å². The van der Waals surface area contributed by atoms with Crippen molar-refractivity contribution in [3.63, 3.8) is 0 Å². The molecule has 0 unspecified atom stereocenters. The first-order valence-corrected chi connectivity index (χ1v) is 10.4. The molecule has 1 fully saturated rings. The molecule has 0 bridgehead atoms. The van der Waals surface area contributed by atoms with Crippen LogP contribution in [0.2, 0.25) is 0 Å². The van der Waals surface area contributed by atoms with Crippen LogP contribution in [0.25, 0.3) is 0 Å². The number of hydrogen-bond acceptors (Lipinski definition) is 2. The number of rotatable bonds is 6. The molecule has 3 aromatic carbocycles. The fourth-order valence-corrected chi connectivity index (χ4v) is 4.04. The van der Waals surface area contributed by atoms with Crippen LogP contribution in [0, 0.1) is 5.92 Å². The third-order valence-electron chi connectivity index (χ3n) is 5.24. The second-order valence-electron chi connectivity index (χ2n) is 7.26. The summed E-state index contributed by atoms with van der Waals surface area (Å²) in [6.07, 6.45) is 0. The summed E-state index contributed by atoms with van der Waals surface area (Å²) in [5, 5.41) is 3.08. The molecule has 1 N–H and O–H groups in total. The highest BCUT2D eigenvalue weighted by Crippen LogP contribution is 2.33. The average Bonchev–Trinajstić information content (AvgIpc) is 2.71. The molecule has 3 nitrogen and oxygen atoms in total. The maximum atomic E-state index is 12.3. The number of likely N-dealkylation sites (tertiary alicyclic amines) is 1. The molecule has 0 aliphatic carbocycles. The molecular weight excluding hydrogens is 412 g/mol. The molecule has 0 radical (unpaired) electrons. The van der Waals surface area contributed by atoms with Crippen molar-refractivity contribution in [2.24, 2.45) is 5.92 Å². The summed E-state index contributed by atoms with van der Waals surface area (Å²) in [5.74, 6) is 0.475. The van der Waals surface area contributed by atoms with E-state index in [2.05, 4.69) is 86.8 Å². The second-order valence-corrected chi connectivity index (χ2v) is 8.18. The van der Waals surface area contributed by atoms with E-state index in [0.29, 0.717) is 18.0 Å². The first kappa shape index (κ1) is 18.9. The topological polar surface area (TPSA) is 32.3 Å². The maximum absolute atomic E-state index is 12.3. The molecule has 1 aliphatic rings. The van der Waals surface area contributed by atoms with Crippen LogP contribution in [0.4, 0.5) is 0 Å². The van der Waals surface area contributed by atoms with Gasteiger partial charge < -0.3 is 5.32 Å². The van der Waals surface area contributed by atoms with Crippen LogP contribution in [0.15, 0.2) is 89.4 Å². The van der Waals surface area contributed by atoms with Gasteiger partial charge in [0, 0.05) is 35.6 Å². The van der Waals surface area contributed by atoms with Gasteiger partial charge in [0.25, 0.3) is 5.91 Å². The fourth-order valence-electron chi connectivity index (χ4n) is 3.77. The largest absolute Gasteiger partial charge is 0.352 e. The van der Waals surface area contributed by atoms with Crippen LogP contribution in [0.5, 0.6) is 0 Å². The molecule has 3 aromatic rings. The third-order valence-corrected chi connectivity index (χ3v) is 5.77. The van der Waals surface area contributed by atoms with Gasteiger partial charge in [0.1, 0.15) is 0 Å². The van der Waals surface area contributed by atoms with Gasteiger partial charge >= 0.3 is 0 Å². The SMILES string of the molecule is O=C(NCC1CN(C(c2ccccc2)c2ccccc2)C1)c1ccc(Br)cc1. The van der Waals surface area contributed by atoms with E-state index < -0.39 is 0 Å². The van der Waals surface area contributed by atoms with Gasteiger partial charge in [0.2, 0.25) is 0 Å². The first-order chi connectivity index (χ1) is 13.7. The maximum Gasteiger partial charge on any atom is 0.251 e. The lowest BCUT2D eigenvalue weighted by Gasteiger charge is -2.45. The molecule has 1 aliphatic heterocycles. The Morgan fingerprint density at radius 1 is 0.893 bits per heavy atom. The summed E-state index contributed by atoms with van der Waals surface area (Å²) in [5.41, 5.74) is 3.32. The Kier molecular flexibility index (Phi) is 5.89. The summed E-state index contributed by atoms with van der Waals surface area (Å²) in [6, 6.07) is 29.0.